The molecule has 1 aliphatic rings. The SMILES string of the molecule is O=NSC1CC(=O)N1. The van der Waals surface area contributed by atoms with Gasteiger partial charge in [0.1, 0.15) is 5.37 Å². The number of nitrogens with one attached hydrogen (secondary N) is 1. The minimum Gasteiger partial charge on any atom is -0.342 e. The van der Waals surface area contributed by atoms with Gasteiger partial charge >= 0.3 is 0 Å². The van der Waals surface area contributed by atoms with Crippen molar-refractivity contribution in [1.82, 2.24) is 5.32 Å². The fraction of sp³-hybridized carbons (Fsp3) is 0.667. The van der Waals surface area contributed by atoms with Gasteiger partial charge in [0.2, 0.25) is 5.91 Å². The average Bonchev–Trinajstić information content (AvgIpc) is 1.64. The molecule has 0 radical (unpaired) electrons. The van der Waals surface area contributed by atoms with Crippen molar-refractivity contribution in [3.8, 4) is 0 Å². The van der Waals surface area contributed by atoms with E-state index in [-0.39, 0.29) is 11.3 Å². The predicted molar refractivity (Wildman–Crippen MR) is 29.9 cm³/mol. The smallest absolute Gasteiger partial charge is 0.223 e. The van der Waals surface area contributed by atoms with Gasteiger partial charge in [-0.15, -0.1) is 4.91 Å². The van der Waals surface area contributed by atoms with Gasteiger partial charge in [0, 0.05) is 16.5 Å². The maximum absolute atomic E-state index is 10.1. The largest absolute Gasteiger partial charge is 0.342 e. The third-order valence-corrected chi connectivity index (χ3v) is 1.49. The normalized spacial score (nSPS) is 26.0. The Labute approximate surface area is 50.1 Å². The third kappa shape index (κ3) is 0.975. The van der Waals surface area contributed by atoms with Crippen molar-refractivity contribution in [3.05, 3.63) is 4.91 Å². The lowest BCUT2D eigenvalue weighted by Crippen LogP contribution is -2.45. The van der Waals surface area contributed by atoms with Crippen molar-refractivity contribution in [3.63, 3.8) is 0 Å². The van der Waals surface area contributed by atoms with E-state index in [1.165, 1.54) is 0 Å². The average molecular weight is 132 g/mol. The van der Waals surface area contributed by atoms with E-state index in [0.717, 1.165) is 11.9 Å². The van der Waals surface area contributed by atoms with Crippen LogP contribution in [0.5, 0.6) is 0 Å². The fourth-order valence-electron chi connectivity index (χ4n) is 0.442. The van der Waals surface area contributed by atoms with E-state index in [0.29, 0.717) is 6.42 Å². The van der Waals surface area contributed by atoms with Crippen LogP contribution in [0.2, 0.25) is 0 Å². The zero-order valence-corrected chi connectivity index (χ0v) is 4.77. The van der Waals surface area contributed by atoms with Crippen LogP contribution in [0.25, 0.3) is 0 Å². The van der Waals surface area contributed by atoms with Gasteiger partial charge in [-0.2, -0.15) is 0 Å². The lowest BCUT2D eigenvalue weighted by atomic mass is 10.3. The summed E-state index contributed by atoms with van der Waals surface area (Å²) < 4.78 is 2.54. The number of carbonyl (C=O) groups is 1. The summed E-state index contributed by atoms with van der Waals surface area (Å²) in [6, 6.07) is 0. The maximum Gasteiger partial charge on any atom is 0.223 e. The molecule has 0 saturated carbocycles. The van der Waals surface area contributed by atoms with E-state index < -0.39 is 0 Å². The Hall–Kier alpha value is -0.580. The summed E-state index contributed by atoms with van der Waals surface area (Å²) in [5.74, 6) is -0.00819. The molecule has 1 amide bonds. The summed E-state index contributed by atoms with van der Waals surface area (Å²) in [5.41, 5.74) is 0. The van der Waals surface area contributed by atoms with Crippen LogP contribution in [-0.4, -0.2) is 11.3 Å². The highest BCUT2D eigenvalue weighted by Crippen LogP contribution is 2.18. The van der Waals surface area contributed by atoms with Gasteiger partial charge in [-0.05, 0) is 0 Å². The zero-order valence-electron chi connectivity index (χ0n) is 3.96. The number of hydrogen-bond acceptors (Lipinski definition) is 4. The molecule has 44 valence electrons. The number of carbonyl (C=O) groups excluding carboxylic acids is 1. The van der Waals surface area contributed by atoms with E-state index in [4.69, 9.17) is 0 Å². The first-order chi connectivity index (χ1) is 3.83. The quantitative estimate of drug-likeness (QED) is 0.333. The molecule has 0 bridgehead atoms. The van der Waals surface area contributed by atoms with Crippen molar-refractivity contribution in [2.75, 3.05) is 0 Å². The molecule has 1 aliphatic heterocycles. The Bertz CT molecular complexity index is 116. The highest BCUT2D eigenvalue weighted by Gasteiger charge is 2.25. The minimum atomic E-state index is -0.0556. The lowest BCUT2D eigenvalue weighted by Gasteiger charge is -2.22. The Morgan fingerprint density at radius 3 is 2.88 bits per heavy atom. The van der Waals surface area contributed by atoms with E-state index in [1.807, 2.05) is 0 Å². The standard InChI is InChI=1S/C3H4N2O2S/c6-2-1-3(4-2)8-5-7/h3H,1H2,(H,4,6). The second-order valence-corrected chi connectivity index (χ2v) is 2.37. The summed E-state index contributed by atoms with van der Waals surface area (Å²) in [5, 5.41) is 2.42. The molecule has 1 N–H and O–H groups in total. The summed E-state index contributed by atoms with van der Waals surface area (Å²) >= 11 is 0.859. The monoisotopic (exact) mass is 132 g/mol. The number of nitrogens with zero attached hydrogens (tertiary/aromatic N) is 1. The second kappa shape index (κ2) is 2.13. The number of β-lactam (4-membered cyclic amide) rings is 1. The van der Waals surface area contributed by atoms with Gasteiger partial charge in [0.15, 0.2) is 0 Å². The Balaban J connectivity index is 2.15. The van der Waals surface area contributed by atoms with Crippen LogP contribution in [0.15, 0.2) is 4.58 Å². The van der Waals surface area contributed by atoms with Crippen molar-refractivity contribution >= 4 is 17.9 Å². The Morgan fingerprint density at radius 2 is 2.50 bits per heavy atom. The van der Waals surface area contributed by atoms with Gasteiger partial charge in [-0.1, -0.05) is 0 Å². The van der Waals surface area contributed by atoms with Crippen molar-refractivity contribution in [2.45, 2.75) is 11.8 Å². The molecule has 1 atom stereocenters. The van der Waals surface area contributed by atoms with Crippen LogP contribution in [0.3, 0.4) is 0 Å². The van der Waals surface area contributed by atoms with E-state index in [2.05, 4.69) is 9.90 Å². The van der Waals surface area contributed by atoms with Crippen LogP contribution in [0.1, 0.15) is 6.42 Å². The van der Waals surface area contributed by atoms with Crippen LogP contribution >= 0.6 is 11.9 Å². The molecule has 4 nitrogen and oxygen atoms in total. The molecule has 0 aromatic rings. The van der Waals surface area contributed by atoms with Crippen molar-refractivity contribution in [2.24, 2.45) is 4.58 Å². The first-order valence-electron chi connectivity index (χ1n) is 2.11. The number of hydrogen-bond donors (Lipinski definition) is 1. The second-order valence-electron chi connectivity index (χ2n) is 1.44. The molecule has 0 aromatic carbocycles. The molecule has 1 saturated heterocycles. The lowest BCUT2D eigenvalue weighted by molar-refractivity contribution is -0.126. The number of nitroso groups, excluding NO2 is 1. The summed E-state index contributed by atoms with van der Waals surface area (Å²) in [7, 11) is 0. The highest BCUT2D eigenvalue weighted by atomic mass is 32.2. The van der Waals surface area contributed by atoms with Crippen LogP contribution in [0, 0.1) is 4.91 Å². The molecular formula is C3H4N2O2S. The molecule has 1 unspecified atom stereocenters. The maximum atomic E-state index is 10.1. The molecule has 0 aromatic heterocycles. The molecule has 1 heterocycles. The van der Waals surface area contributed by atoms with Crippen molar-refractivity contribution in [1.29, 1.82) is 0 Å². The molecular weight excluding hydrogens is 128 g/mol. The Morgan fingerprint density at radius 1 is 1.88 bits per heavy atom. The fourth-order valence-corrected chi connectivity index (χ4v) is 0.956. The van der Waals surface area contributed by atoms with E-state index >= 15 is 0 Å². The van der Waals surface area contributed by atoms with Gasteiger partial charge in [-0.25, -0.2) is 0 Å². The van der Waals surface area contributed by atoms with Crippen LogP contribution < -0.4 is 5.32 Å². The summed E-state index contributed by atoms with van der Waals surface area (Å²) in [6.07, 6.45) is 0.427. The van der Waals surface area contributed by atoms with Crippen LogP contribution in [-0.2, 0) is 4.79 Å². The third-order valence-electron chi connectivity index (χ3n) is 0.863. The van der Waals surface area contributed by atoms with Crippen molar-refractivity contribution < 1.29 is 4.79 Å². The topological polar surface area (TPSA) is 58.5 Å². The number of rotatable bonds is 2. The van der Waals surface area contributed by atoms with Gasteiger partial charge in [-0.3, -0.25) is 4.79 Å². The summed E-state index contributed by atoms with van der Waals surface area (Å²) in [6.45, 7) is 0. The van der Waals surface area contributed by atoms with Gasteiger partial charge in [0.25, 0.3) is 0 Å². The first kappa shape index (κ1) is 5.55. The zero-order chi connectivity index (χ0) is 5.98. The minimum absolute atomic E-state index is 0.00819. The molecule has 0 aliphatic carbocycles. The van der Waals surface area contributed by atoms with Gasteiger partial charge in [0.05, 0.1) is 6.42 Å². The molecule has 0 spiro atoms. The van der Waals surface area contributed by atoms with E-state index in [9.17, 15) is 9.70 Å². The summed E-state index contributed by atoms with van der Waals surface area (Å²) in [4.78, 5) is 19.6. The van der Waals surface area contributed by atoms with E-state index in [1.54, 1.807) is 0 Å². The van der Waals surface area contributed by atoms with Gasteiger partial charge < -0.3 is 5.32 Å². The molecule has 8 heavy (non-hydrogen) atoms. The predicted octanol–water partition coefficient (Wildman–Crippen LogP) is 0.247. The molecule has 5 heteroatoms. The Kier molecular flexibility index (Phi) is 1.48. The molecule has 1 rings (SSSR count). The highest BCUT2D eigenvalue weighted by molar-refractivity contribution is 7.98. The molecule has 1 fully saturated rings. The number of amides is 1. The van der Waals surface area contributed by atoms with Crippen LogP contribution in [0.4, 0.5) is 0 Å². The first-order valence-corrected chi connectivity index (χ1v) is 2.94.